The van der Waals surface area contributed by atoms with E-state index in [1.165, 1.54) is 4.90 Å². The Bertz CT molecular complexity index is 1270. The molecular weight excluding hydrogens is 521 g/mol. The van der Waals surface area contributed by atoms with Crippen LogP contribution in [-0.2, 0) is 21.5 Å². The van der Waals surface area contributed by atoms with Crippen molar-refractivity contribution in [1.82, 2.24) is 14.9 Å². The van der Waals surface area contributed by atoms with Crippen molar-refractivity contribution in [1.29, 1.82) is 0 Å². The fourth-order valence-electron chi connectivity index (χ4n) is 6.99. The molecule has 2 saturated heterocycles. The lowest BCUT2D eigenvalue weighted by molar-refractivity contribution is -0.177. The fraction of sp³-hybridized carbons (Fsp3) is 0.621. The van der Waals surface area contributed by atoms with Gasteiger partial charge < -0.3 is 15.0 Å². The molecule has 2 aliphatic carbocycles. The van der Waals surface area contributed by atoms with Gasteiger partial charge in [-0.25, -0.2) is 9.97 Å². The van der Waals surface area contributed by atoms with Crippen molar-refractivity contribution < 1.29 is 22.7 Å². The normalized spacial score (nSPS) is 24.8. The van der Waals surface area contributed by atoms with E-state index in [2.05, 4.69) is 10.2 Å². The molecule has 40 heavy (non-hydrogen) atoms. The minimum atomic E-state index is -4.29. The lowest BCUT2D eigenvalue weighted by atomic mass is 9.80. The molecule has 1 N–H and O–H groups in total. The second-order valence-corrected chi connectivity index (χ2v) is 11.8. The number of carbonyl (C=O) groups is 1. The van der Waals surface area contributed by atoms with Gasteiger partial charge in [0.1, 0.15) is 23.5 Å². The molecule has 2 saturated carbocycles. The van der Waals surface area contributed by atoms with Crippen LogP contribution in [0.4, 0.5) is 36.2 Å². The highest BCUT2D eigenvalue weighted by atomic mass is 19.4. The maximum atomic E-state index is 14.3. The topological polar surface area (TPSA) is 73.8 Å². The van der Waals surface area contributed by atoms with Crippen LogP contribution < -0.4 is 15.1 Å². The zero-order valence-electron chi connectivity index (χ0n) is 22.6. The monoisotopic (exact) mass is 556 g/mol. The minimum Gasteiger partial charge on any atom is -0.378 e. The standard InChI is InChI=1S/C29H35F3N6O2/c30-29(31,32)22-4-3-13-37(22)18-23-34-25(33-19-5-6-19)24-26(35-23)38(27(39)28(24)11-1-2-12-28)21-9-7-20(8-10-21)36-14-16-40-17-15-36/h7-10,19,22H,1-6,11-18H2,(H,33,34,35)/t22-/m1/s1. The Balaban J connectivity index is 1.29. The Hall–Kier alpha value is -2.92. The molecule has 7 rings (SSSR count). The average Bonchev–Trinajstić information content (AvgIpc) is 3.32. The quantitative estimate of drug-likeness (QED) is 0.543. The second kappa shape index (κ2) is 9.87. The van der Waals surface area contributed by atoms with E-state index in [0.29, 0.717) is 43.6 Å². The highest BCUT2D eigenvalue weighted by molar-refractivity contribution is 6.13. The van der Waals surface area contributed by atoms with Crippen molar-refractivity contribution in [2.24, 2.45) is 0 Å². The number of rotatable bonds is 6. The molecule has 1 spiro atoms. The number of hydrogen-bond acceptors (Lipinski definition) is 7. The van der Waals surface area contributed by atoms with Gasteiger partial charge in [-0.15, -0.1) is 0 Å². The van der Waals surface area contributed by atoms with E-state index in [4.69, 9.17) is 14.7 Å². The van der Waals surface area contributed by atoms with Crippen LogP contribution in [0.25, 0.3) is 0 Å². The first-order valence-electron chi connectivity index (χ1n) is 14.6. The van der Waals surface area contributed by atoms with Gasteiger partial charge in [-0.2, -0.15) is 13.2 Å². The van der Waals surface area contributed by atoms with E-state index < -0.39 is 17.6 Å². The van der Waals surface area contributed by atoms with Crippen molar-refractivity contribution in [3.8, 4) is 0 Å². The number of aromatic nitrogens is 2. The summed E-state index contributed by atoms with van der Waals surface area (Å²) >= 11 is 0. The number of anilines is 4. The second-order valence-electron chi connectivity index (χ2n) is 11.8. The number of hydrogen-bond donors (Lipinski definition) is 1. The number of halogens is 3. The number of carbonyl (C=O) groups excluding carboxylic acids is 1. The van der Waals surface area contributed by atoms with E-state index in [-0.39, 0.29) is 24.9 Å². The van der Waals surface area contributed by atoms with Crippen LogP contribution in [0.5, 0.6) is 0 Å². The van der Waals surface area contributed by atoms with Crippen molar-refractivity contribution in [2.75, 3.05) is 48.0 Å². The van der Waals surface area contributed by atoms with Gasteiger partial charge in [0.25, 0.3) is 0 Å². The lowest BCUT2D eigenvalue weighted by Gasteiger charge is -2.29. The summed E-state index contributed by atoms with van der Waals surface area (Å²) in [7, 11) is 0. The summed E-state index contributed by atoms with van der Waals surface area (Å²) < 4.78 is 46.7. The molecule has 1 amide bonds. The van der Waals surface area contributed by atoms with Crippen molar-refractivity contribution >= 4 is 28.9 Å². The van der Waals surface area contributed by atoms with Crippen LogP contribution in [0.15, 0.2) is 24.3 Å². The van der Waals surface area contributed by atoms with Gasteiger partial charge in [0.05, 0.1) is 36.4 Å². The predicted molar refractivity (Wildman–Crippen MR) is 145 cm³/mol. The molecule has 3 aliphatic heterocycles. The fourth-order valence-corrected chi connectivity index (χ4v) is 6.99. The lowest BCUT2D eigenvalue weighted by Crippen LogP contribution is -2.41. The number of nitrogens with one attached hydrogen (secondary N) is 1. The van der Waals surface area contributed by atoms with Gasteiger partial charge in [-0.1, -0.05) is 12.8 Å². The molecule has 4 fully saturated rings. The van der Waals surface area contributed by atoms with E-state index in [0.717, 1.165) is 68.6 Å². The molecule has 214 valence electrons. The zero-order chi connectivity index (χ0) is 27.5. The van der Waals surface area contributed by atoms with Gasteiger partial charge in [-0.05, 0) is 69.3 Å². The molecule has 2 aromatic rings. The summed E-state index contributed by atoms with van der Waals surface area (Å²) in [5, 5.41) is 3.53. The molecular formula is C29H35F3N6O2. The van der Waals surface area contributed by atoms with Crippen molar-refractivity contribution in [2.45, 2.75) is 81.6 Å². The first-order chi connectivity index (χ1) is 19.3. The third kappa shape index (κ3) is 4.51. The number of amides is 1. The molecule has 1 aromatic carbocycles. The van der Waals surface area contributed by atoms with Gasteiger partial charge in [0, 0.05) is 24.8 Å². The Kier molecular flexibility index (Phi) is 6.42. The Morgan fingerprint density at radius 1 is 0.950 bits per heavy atom. The summed E-state index contributed by atoms with van der Waals surface area (Å²) in [6, 6.07) is 6.74. The Morgan fingerprint density at radius 3 is 2.33 bits per heavy atom. The SMILES string of the molecule is O=C1N(c2ccc(N3CCOCC3)cc2)c2nc(CN3CCC[C@@H]3C(F)(F)F)nc(NC3CC3)c2C12CCCC2. The van der Waals surface area contributed by atoms with Crippen LogP contribution in [0, 0.1) is 0 Å². The van der Waals surface area contributed by atoms with Gasteiger partial charge in [-0.3, -0.25) is 14.6 Å². The number of likely N-dealkylation sites (tertiary alicyclic amines) is 1. The van der Waals surface area contributed by atoms with E-state index in [9.17, 15) is 18.0 Å². The largest absolute Gasteiger partial charge is 0.404 e. The third-order valence-electron chi connectivity index (χ3n) is 9.18. The zero-order valence-corrected chi connectivity index (χ0v) is 22.6. The van der Waals surface area contributed by atoms with Gasteiger partial charge in [0.15, 0.2) is 0 Å². The number of benzene rings is 1. The predicted octanol–water partition coefficient (Wildman–Crippen LogP) is 4.90. The molecule has 1 atom stereocenters. The van der Waals surface area contributed by atoms with E-state index in [1.54, 1.807) is 4.90 Å². The first kappa shape index (κ1) is 26.0. The highest BCUT2D eigenvalue weighted by Crippen LogP contribution is 2.55. The number of alkyl halides is 3. The smallest absolute Gasteiger partial charge is 0.378 e. The van der Waals surface area contributed by atoms with Crippen LogP contribution in [0.3, 0.4) is 0 Å². The van der Waals surface area contributed by atoms with Crippen LogP contribution in [0.2, 0.25) is 0 Å². The Morgan fingerprint density at radius 2 is 1.65 bits per heavy atom. The summed E-state index contributed by atoms with van der Waals surface area (Å²) in [6.07, 6.45) is 1.67. The summed E-state index contributed by atoms with van der Waals surface area (Å²) in [5.41, 5.74) is 1.93. The van der Waals surface area contributed by atoms with Gasteiger partial charge >= 0.3 is 6.18 Å². The third-order valence-corrected chi connectivity index (χ3v) is 9.18. The van der Waals surface area contributed by atoms with Crippen molar-refractivity contribution in [3.63, 3.8) is 0 Å². The average molecular weight is 557 g/mol. The number of ether oxygens (including phenoxy) is 1. The van der Waals surface area contributed by atoms with Crippen molar-refractivity contribution in [3.05, 3.63) is 35.7 Å². The molecule has 5 aliphatic rings. The summed E-state index contributed by atoms with van der Waals surface area (Å²) in [5.74, 6) is 1.49. The molecule has 4 heterocycles. The molecule has 0 radical (unpaired) electrons. The summed E-state index contributed by atoms with van der Waals surface area (Å²) in [6.45, 7) is 3.36. The first-order valence-corrected chi connectivity index (χ1v) is 14.6. The number of nitrogens with zero attached hydrogens (tertiary/aromatic N) is 5. The maximum Gasteiger partial charge on any atom is 0.404 e. The summed E-state index contributed by atoms with van der Waals surface area (Å²) in [4.78, 5) is 29.4. The molecule has 0 bridgehead atoms. The van der Waals surface area contributed by atoms with Crippen LogP contribution >= 0.6 is 0 Å². The molecule has 11 heteroatoms. The molecule has 0 unspecified atom stereocenters. The van der Waals surface area contributed by atoms with E-state index >= 15 is 0 Å². The van der Waals surface area contributed by atoms with Crippen LogP contribution in [0.1, 0.15) is 62.8 Å². The Labute approximate surface area is 231 Å². The number of fused-ring (bicyclic) bond motifs is 2. The van der Waals surface area contributed by atoms with E-state index in [1.807, 2.05) is 24.3 Å². The maximum absolute atomic E-state index is 14.3. The van der Waals surface area contributed by atoms with Gasteiger partial charge in [0.2, 0.25) is 5.91 Å². The minimum absolute atomic E-state index is 0.00115. The van der Waals surface area contributed by atoms with Crippen LogP contribution in [-0.4, -0.2) is 71.9 Å². The molecule has 1 aromatic heterocycles. The number of morpholine rings is 1. The highest BCUT2D eigenvalue weighted by Gasteiger charge is 2.56. The molecule has 8 nitrogen and oxygen atoms in total.